The molecule has 0 atom stereocenters. The van der Waals surface area contributed by atoms with E-state index in [0.29, 0.717) is 33.4 Å². The number of sulfonamides is 1. The van der Waals surface area contributed by atoms with Crippen molar-refractivity contribution < 1.29 is 13.2 Å². The number of nitrogens with one attached hydrogen (secondary N) is 1. The summed E-state index contributed by atoms with van der Waals surface area (Å²) in [7, 11) is -3.52. The highest BCUT2D eigenvalue weighted by atomic mass is 35.5. The van der Waals surface area contributed by atoms with E-state index in [9.17, 15) is 13.2 Å². The van der Waals surface area contributed by atoms with Gasteiger partial charge in [0.1, 0.15) is 0 Å². The molecular weight excluding hydrogens is 431 g/mol. The van der Waals surface area contributed by atoms with Gasteiger partial charge in [0.05, 0.1) is 27.7 Å². The van der Waals surface area contributed by atoms with E-state index in [1.54, 1.807) is 43.3 Å². The van der Waals surface area contributed by atoms with Crippen LogP contribution in [0.1, 0.15) is 18.4 Å². The molecule has 0 aliphatic rings. The Bertz CT molecular complexity index is 949. The molecule has 0 aliphatic heterocycles. The van der Waals surface area contributed by atoms with E-state index in [0.717, 1.165) is 6.26 Å². The number of benzene rings is 2. The number of hydrogen-bond acceptors (Lipinski definition) is 3. The summed E-state index contributed by atoms with van der Waals surface area (Å²) >= 11 is 18.1. The van der Waals surface area contributed by atoms with E-state index in [-0.39, 0.29) is 23.9 Å². The minimum Gasteiger partial charge on any atom is -0.325 e. The van der Waals surface area contributed by atoms with Crippen molar-refractivity contribution >= 4 is 62.1 Å². The van der Waals surface area contributed by atoms with Gasteiger partial charge in [-0.25, -0.2) is 8.42 Å². The SMILES string of the molecule is Cc1c(Cl)cccc1N(CCCC(=O)Nc1cccc(Cl)c1Cl)S(C)(=O)=O. The zero-order valence-corrected chi connectivity index (χ0v) is 17.9. The van der Waals surface area contributed by atoms with Crippen LogP contribution in [0.2, 0.25) is 15.1 Å². The summed E-state index contributed by atoms with van der Waals surface area (Å²) in [6.45, 7) is 1.90. The van der Waals surface area contributed by atoms with Gasteiger partial charge in [-0.05, 0) is 43.2 Å². The highest BCUT2D eigenvalue weighted by molar-refractivity contribution is 7.92. The van der Waals surface area contributed by atoms with Crippen LogP contribution >= 0.6 is 34.8 Å². The van der Waals surface area contributed by atoms with Crippen molar-refractivity contribution in [1.82, 2.24) is 0 Å². The van der Waals surface area contributed by atoms with Gasteiger partial charge in [0.2, 0.25) is 15.9 Å². The van der Waals surface area contributed by atoms with Crippen LogP contribution < -0.4 is 9.62 Å². The summed E-state index contributed by atoms with van der Waals surface area (Å²) in [5, 5.41) is 3.77. The van der Waals surface area contributed by atoms with Gasteiger partial charge >= 0.3 is 0 Å². The molecule has 0 heterocycles. The van der Waals surface area contributed by atoms with Gasteiger partial charge in [0.25, 0.3) is 0 Å². The molecule has 0 saturated carbocycles. The van der Waals surface area contributed by atoms with Gasteiger partial charge in [-0.1, -0.05) is 46.9 Å². The normalized spacial score (nSPS) is 11.3. The maximum Gasteiger partial charge on any atom is 0.232 e. The smallest absolute Gasteiger partial charge is 0.232 e. The molecule has 0 bridgehead atoms. The quantitative estimate of drug-likeness (QED) is 0.636. The lowest BCUT2D eigenvalue weighted by Gasteiger charge is -2.24. The molecule has 0 spiro atoms. The number of nitrogens with zero attached hydrogens (tertiary/aromatic N) is 1. The lowest BCUT2D eigenvalue weighted by atomic mass is 10.2. The number of hydrogen-bond donors (Lipinski definition) is 1. The summed E-state index contributed by atoms with van der Waals surface area (Å²) in [5.74, 6) is -0.282. The summed E-state index contributed by atoms with van der Waals surface area (Å²) in [5.41, 5.74) is 1.59. The first kappa shape index (κ1) is 21.8. The molecule has 2 aromatic rings. The minimum atomic E-state index is -3.52. The van der Waals surface area contributed by atoms with Crippen LogP contribution in [0.5, 0.6) is 0 Å². The molecule has 2 rings (SSSR count). The van der Waals surface area contributed by atoms with Gasteiger partial charge in [-0.15, -0.1) is 0 Å². The third kappa shape index (κ3) is 5.75. The zero-order chi connectivity index (χ0) is 20.2. The minimum absolute atomic E-state index is 0.120. The van der Waals surface area contributed by atoms with Crippen LogP contribution in [0, 0.1) is 6.92 Å². The Morgan fingerprint density at radius 3 is 2.37 bits per heavy atom. The highest BCUT2D eigenvalue weighted by Gasteiger charge is 2.20. The summed E-state index contributed by atoms with van der Waals surface area (Å²) in [4.78, 5) is 12.2. The first-order valence-electron chi connectivity index (χ1n) is 8.08. The van der Waals surface area contributed by atoms with Crippen molar-refractivity contribution in [1.29, 1.82) is 0 Å². The van der Waals surface area contributed by atoms with Crippen LogP contribution in [0.15, 0.2) is 36.4 Å². The van der Waals surface area contributed by atoms with Crippen LogP contribution in [0.4, 0.5) is 11.4 Å². The Morgan fingerprint density at radius 2 is 1.70 bits per heavy atom. The molecule has 0 fully saturated rings. The standard InChI is InChI=1S/C18H19Cl3N2O3S/c1-12-13(19)6-4-9-16(12)23(27(2,25)26)11-5-10-17(24)22-15-8-3-7-14(20)18(15)21/h3-4,6-9H,5,10-11H2,1-2H3,(H,22,24). The van der Waals surface area contributed by atoms with Gasteiger partial charge in [-0.3, -0.25) is 9.10 Å². The van der Waals surface area contributed by atoms with E-state index in [1.807, 2.05) is 0 Å². The number of anilines is 2. The summed E-state index contributed by atoms with van der Waals surface area (Å²) in [6, 6.07) is 10.0. The average molecular weight is 450 g/mol. The molecule has 9 heteroatoms. The predicted octanol–water partition coefficient (Wildman–Crippen LogP) is 5.14. The monoisotopic (exact) mass is 448 g/mol. The van der Waals surface area contributed by atoms with Crippen molar-refractivity contribution in [2.75, 3.05) is 22.4 Å². The molecule has 5 nitrogen and oxygen atoms in total. The molecule has 1 amide bonds. The highest BCUT2D eigenvalue weighted by Crippen LogP contribution is 2.30. The Morgan fingerprint density at radius 1 is 1.07 bits per heavy atom. The maximum atomic E-state index is 12.2. The second-order valence-electron chi connectivity index (χ2n) is 5.97. The largest absolute Gasteiger partial charge is 0.325 e. The molecule has 0 aromatic heterocycles. The first-order chi connectivity index (χ1) is 12.6. The Balaban J connectivity index is 2.05. The molecule has 0 aliphatic carbocycles. The first-order valence-corrected chi connectivity index (χ1v) is 11.1. The molecule has 0 saturated heterocycles. The van der Waals surface area contributed by atoms with E-state index < -0.39 is 10.0 Å². The van der Waals surface area contributed by atoms with E-state index in [2.05, 4.69) is 5.32 Å². The fourth-order valence-electron chi connectivity index (χ4n) is 2.53. The zero-order valence-electron chi connectivity index (χ0n) is 14.8. The molecular formula is C18H19Cl3N2O3S. The molecule has 2 aromatic carbocycles. The molecule has 146 valence electrons. The Kier molecular flexibility index (Phi) is 7.40. The second kappa shape index (κ2) is 9.15. The van der Waals surface area contributed by atoms with Crippen molar-refractivity contribution in [3.05, 3.63) is 57.0 Å². The molecule has 1 N–H and O–H groups in total. The number of halogens is 3. The average Bonchev–Trinajstić information content (AvgIpc) is 2.58. The molecule has 27 heavy (non-hydrogen) atoms. The van der Waals surface area contributed by atoms with E-state index in [4.69, 9.17) is 34.8 Å². The van der Waals surface area contributed by atoms with E-state index >= 15 is 0 Å². The Labute approximate surface area is 174 Å². The van der Waals surface area contributed by atoms with Crippen LogP contribution in [-0.4, -0.2) is 27.1 Å². The lowest BCUT2D eigenvalue weighted by molar-refractivity contribution is -0.116. The van der Waals surface area contributed by atoms with Crippen molar-refractivity contribution in [3.8, 4) is 0 Å². The van der Waals surface area contributed by atoms with Gasteiger partial charge in [0.15, 0.2) is 0 Å². The van der Waals surface area contributed by atoms with Crippen LogP contribution in [0.25, 0.3) is 0 Å². The van der Waals surface area contributed by atoms with Gasteiger partial charge in [0, 0.05) is 18.0 Å². The number of carbonyl (C=O) groups is 1. The van der Waals surface area contributed by atoms with Crippen molar-refractivity contribution in [3.63, 3.8) is 0 Å². The second-order valence-corrected chi connectivity index (χ2v) is 9.07. The van der Waals surface area contributed by atoms with Crippen molar-refractivity contribution in [2.45, 2.75) is 19.8 Å². The third-order valence-electron chi connectivity index (χ3n) is 3.90. The van der Waals surface area contributed by atoms with E-state index in [1.165, 1.54) is 4.31 Å². The third-order valence-corrected chi connectivity index (χ3v) is 6.31. The summed E-state index contributed by atoms with van der Waals surface area (Å²) in [6.07, 6.45) is 1.57. The fourth-order valence-corrected chi connectivity index (χ4v) is 4.06. The number of amides is 1. The molecule has 0 radical (unpaired) electrons. The Hall–Kier alpha value is -1.47. The number of rotatable bonds is 7. The van der Waals surface area contributed by atoms with Gasteiger partial charge < -0.3 is 5.32 Å². The van der Waals surface area contributed by atoms with Gasteiger partial charge in [-0.2, -0.15) is 0 Å². The maximum absolute atomic E-state index is 12.2. The lowest BCUT2D eigenvalue weighted by Crippen LogP contribution is -2.32. The van der Waals surface area contributed by atoms with Crippen LogP contribution in [-0.2, 0) is 14.8 Å². The van der Waals surface area contributed by atoms with Crippen LogP contribution in [0.3, 0.4) is 0 Å². The summed E-state index contributed by atoms with van der Waals surface area (Å²) < 4.78 is 25.6. The molecule has 0 unspecified atom stereocenters. The predicted molar refractivity (Wildman–Crippen MR) is 113 cm³/mol. The van der Waals surface area contributed by atoms with Crippen molar-refractivity contribution in [2.24, 2.45) is 0 Å². The fraction of sp³-hybridized carbons (Fsp3) is 0.278. The topological polar surface area (TPSA) is 66.5 Å². The number of carbonyl (C=O) groups excluding carboxylic acids is 1.